The van der Waals surface area contributed by atoms with E-state index in [2.05, 4.69) is 9.62 Å². The van der Waals surface area contributed by atoms with Gasteiger partial charge in [-0.15, -0.1) is 0 Å². The third kappa shape index (κ3) is 4.70. The van der Waals surface area contributed by atoms with Crippen LogP contribution in [0.3, 0.4) is 0 Å². The van der Waals surface area contributed by atoms with Gasteiger partial charge in [-0.3, -0.25) is 4.90 Å². The highest BCUT2D eigenvalue weighted by Gasteiger charge is 2.21. The van der Waals surface area contributed by atoms with Crippen molar-refractivity contribution < 1.29 is 21.9 Å². The van der Waals surface area contributed by atoms with Crippen LogP contribution in [0.25, 0.3) is 0 Å². The number of nitrogens with zero attached hydrogens (tertiary/aromatic N) is 1. The van der Waals surface area contributed by atoms with Gasteiger partial charge >= 0.3 is 0 Å². The van der Waals surface area contributed by atoms with Gasteiger partial charge in [0.1, 0.15) is 11.6 Å². The smallest absolute Gasteiger partial charge is 0.241 e. The molecule has 0 saturated carbocycles. The average molecular weight is 320 g/mol. The molecule has 0 spiro atoms. The molecule has 2 rings (SSSR count). The van der Waals surface area contributed by atoms with Crippen LogP contribution in [0.1, 0.15) is 6.92 Å². The third-order valence-electron chi connectivity index (χ3n) is 3.14. The van der Waals surface area contributed by atoms with Crippen LogP contribution in [0.2, 0.25) is 0 Å². The monoisotopic (exact) mass is 320 g/mol. The molecule has 0 radical (unpaired) electrons. The third-order valence-corrected chi connectivity index (χ3v) is 4.71. The molecule has 1 aromatic carbocycles. The number of sulfonamides is 1. The molecular formula is C13H18F2N2O3S. The largest absolute Gasteiger partial charge is 0.379 e. The first-order valence-corrected chi connectivity index (χ1v) is 8.14. The number of nitrogens with one attached hydrogen (secondary N) is 1. The number of morpholine rings is 1. The number of hydrogen-bond donors (Lipinski definition) is 1. The Balaban J connectivity index is 2.02. The van der Waals surface area contributed by atoms with E-state index in [1.807, 2.05) is 0 Å². The zero-order valence-electron chi connectivity index (χ0n) is 11.7. The van der Waals surface area contributed by atoms with Crippen LogP contribution in [-0.4, -0.2) is 52.2 Å². The normalized spacial score (nSPS) is 18.6. The lowest BCUT2D eigenvalue weighted by Crippen LogP contribution is -2.45. The van der Waals surface area contributed by atoms with Crippen molar-refractivity contribution >= 4 is 10.0 Å². The van der Waals surface area contributed by atoms with E-state index in [1.54, 1.807) is 6.92 Å². The first-order chi connectivity index (χ1) is 9.87. The van der Waals surface area contributed by atoms with Gasteiger partial charge in [-0.05, 0) is 19.1 Å². The van der Waals surface area contributed by atoms with Crippen LogP contribution in [0, 0.1) is 11.6 Å². The van der Waals surface area contributed by atoms with Crippen molar-refractivity contribution in [3.05, 3.63) is 29.8 Å². The summed E-state index contributed by atoms with van der Waals surface area (Å²) in [5.74, 6) is -1.84. The summed E-state index contributed by atoms with van der Waals surface area (Å²) in [6.07, 6.45) is 0. The van der Waals surface area contributed by atoms with Crippen molar-refractivity contribution in [1.82, 2.24) is 9.62 Å². The molecule has 1 saturated heterocycles. The van der Waals surface area contributed by atoms with E-state index in [9.17, 15) is 17.2 Å². The van der Waals surface area contributed by atoms with Gasteiger partial charge in [0.05, 0.1) is 18.1 Å². The summed E-state index contributed by atoms with van der Waals surface area (Å²) in [6, 6.07) is 1.86. The van der Waals surface area contributed by atoms with E-state index in [4.69, 9.17) is 4.74 Å². The van der Waals surface area contributed by atoms with E-state index in [-0.39, 0.29) is 6.04 Å². The van der Waals surface area contributed by atoms with Crippen molar-refractivity contribution in [3.63, 3.8) is 0 Å². The lowest BCUT2D eigenvalue weighted by molar-refractivity contribution is 0.0354. The molecule has 1 unspecified atom stereocenters. The fraction of sp³-hybridized carbons (Fsp3) is 0.538. The van der Waals surface area contributed by atoms with Gasteiger partial charge in [0, 0.05) is 31.7 Å². The maximum Gasteiger partial charge on any atom is 0.241 e. The van der Waals surface area contributed by atoms with E-state index in [0.717, 1.165) is 25.2 Å². The molecule has 1 aliphatic rings. The maximum atomic E-state index is 13.1. The number of hydrogen-bond acceptors (Lipinski definition) is 4. The van der Waals surface area contributed by atoms with Crippen LogP contribution in [0.5, 0.6) is 0 Å². The molecule has 1 heterocycles. The number of halogens is 2. The fourth-order valence-electron chi connectivity index (χ4n) is 2.22. The lowest BCUT2D eigenvalue weighted by atomic mass is 10.3. The molecule has 1 atom stereocenters. The second-order valence-corrected chi connectivity index (χ2v) is 6.75. The van der Waals surface area contributed by atoms with Gasteiger partial charge in [-0.25, -0.2) is 21.9 Å². The Morgan fingerprint density at radius 1 is 1.24 bits per heavy atom. The minimum Gasteiger partial charge on any atom is -0.379 e. The molecule has 8 heteroatoms. The summed E-state index contributed by atoms with van der Waals surface area (Å²) >= 11 is 0. The van der Waals surface area contributed by atoms with Gasteiger partial charge in [0.15, 0.2) is 0 Å². The molecule has 1 aromatic rings. The Labute approximate surface area is 122 Å². The lowest BCUT2D eigenvalue weighted by Gasteiger charge is -2.29. The first-order valence-electron chi connectivity index (χ1n) is 6.65. The molecule has 0 aliphatic carbocycles. The molecule has 0 bridgehead atoms. The summed E-state index contributed by atoms with van der Waals surface area (Å²) in [4.78, 5) is 1.66. The standard InChI is InChI=1S/C13H18F2N2O3S/c1-10(9-17-2-4-20-5-3-17)16-21(18,19)13-7-11(14)6-12(15)8-13/h6-8,10,16H,2-5,9H2,1H3. The van der Waals surface area contributed by atoms with Crippen molar-refractivity contribution in [1.29, 1.82) is 0 Å². The summed E-state index contributed by atoms with van der Waals surface area (Å²) in [7, 11) is -3.94. The fourth-order valence-corrected chi connectivity index (χ4v) is 3.50. The Morgan fingerprint density at radius 3 is 2.38 bits per heavy atom. The van der Waals surface area contributed by atoms with Crippen LogP contribution in [-0.2, 0) is 14.8 Å². The van der Waals surface area contributed by atoms with E-state index < -0.39 is 26.6 Å². The minimum atomic E-state index is -3.94. The van der Waals surface area contributed by atoms with Gasteiger partial charge < -0.3 is 4.74 Å². The van der Waals surface area contributed by atoms with Crippen molar-refractivity contribution in [3.8, 4) is 0 Å². The van der Waals surface area contributed by atoms with Crippen LogP contribution < -0.4 is 4.72 Å². The Bertz CT molecular complexity index is 569. The van der Waals surface area contributed by atoms with Crippen molar-refractivity contribution in [2.24, 2.45) is 0 Å². The van der Waals surface area contributed by atoms with Gasteiger partial charge in [0.2, 0.25) is 10.0 Å². The van der Waals surface area contributed by atoms with Crippen LogP contribution in [0.15, 0.2) is 23.1 Å². The molecule has 1 N–H and O–H groups in total. The highest BCUT2D eigenvalue weighted by Crippen LogP contribution is 2.14. The number of ether oxygens (including phenoxy) is 1. The van der Waals surface area contributed by atoms with E-state index in [1.165, 1.54) is 0 Å². The van der Waals surface area contributed by atoms with Gasteiger partial charge in [-0.1, -0.05) is 0 Å². The Morgan fingerprint density at radius 2 is 1.81 bits per heavy atom. The number of benzene rings is 1. The molecule has 5 nitrogen and oxygen atoms in total. The Kier molecular flexibility index (Phi) is 5.26. The molecule has 0 amide bonds. The second-order valence-electron chi connectivity index (χ2n) is 5.04. The molecule has 118 valence electrons. The summed E-state index contributed by atoms with van der Waals surface area (Å²) in [5, 5.41) is 0. The summed E-state index contributed by atoms with van der Waals surface area (Å²) in [6.45, 7) is 4.94. The maximum absolute atomic E-state index is 13.1. The highest BCUT2D eigenvalue weighted by molar-refractivity contribution is 7.89. The summed E-state index contributed by atoms with van der Waals surface area (Å²) < 4.78 is 58.1. The quantitative estimate of drug-likeness (QED) is 0.878. The van der Waals surface area contributed by atoms with Crippen LogP contribution in [0.4, 0.5) is 8.78 Å². The number of rotatable bonds is 5. The zero-order valence-corrected chi connectivity index (χ0v) is 12.5. The van der Waals surface area contributed by atoms with Crippen molar-refractivity contribution in [2.45, 2.75) is 17.9 Å². The SMILES string of the molecule is CC(CN1CCOCC1)NS(=O)(=O)c1cc(F)cc(F)c1. The first kappa shape index (κ1) is 16.3. The second kappa shape index (κ2) is 6.78. The van der Waals surface area contributed by atoms with Gasteiger partial charge in [0.25, 0.3) is 0 Å². The topological polar surface area (TPSA) is 58.6 Å². The average Bonchev–Trinajstić information content (AvgIpc) is 2.37. The summed E-state index contributed by atoms with van der Waals surface area (Å²) in [5.41, 5.74) is 0. The highest BCUT2D eigenvalue weighted by atomic mass is 32.2. The molecule has 21 heavy (non-hydrogen) atoms. The van der Waals surface area contributed by atoms with Crippen LogP contribution >= 0.6 is 0 Å². The minimum absolute atomic E-state index is 0.376. The predicted molar refractivity (Wildman–Crippen MR) is 73.4 cm³/mol. The molecule has 1 fully saturated rings. The Hall–Kier alpha value is -1.09. The van der Waals surface area contributed by atoms with Crippen molar-refractivity contribution in [2.75, 3.05) is 32.8 Å². The van der Waals surface area contributed by atoms with E-state index in [0.29, 0.717) is 25.8 Å². The molecular weight excluding hydrogens is 302 g/mol. The predicted octanol–water partition coefficient (Wildman–Crippen LogP) is 0.964. The van der Waals surface area contributed by atoms with Gasteiger partial charge in [-0.2, -0.15) is 0 Å². The molecule has 1 aliphatic heterocycles. The van der Waals surface area contributed by atoms with E-state index >= 15 is 0 Å². The zero-order chi connectivity index (χ0) is 15.5. The molecule has 0 aromatic heterocycles.